The van der Waals surface area contributed by atoms with Crippen LogP contribution in [0, 0.1) is 0 Å². The van der Waals surface area contributed by atoms with Gasteiger partial charge in [0.2, 0.25) is 0 Å². The second kappa shape index (κ2) is 20.5. The Morgan fingerprint density at radius 1 is 0.542 bits per heavy atom. The van der Waals surface area contributed by atoms with Crippen LogP contribution < -0.4 is 17.0 Å². The van der Waals surface area contributed by atoms with Gasteiger partial charge in [-0.25, -0.2) is 4.57 Å². The summed E-state index contributed by atoms with van der Waals surface area (Å²) < 4.78 is 2.29. The third-order valence-corrected chi connectivity index (χ3v) is 4.55. The molecule has 0 radical (unpaired) electrons. The van der Waals surface area contributed by atoms with Gasteiger partial charge < -0.3 is 12.4 Å². The van der Waals surface area contributed by atoms with Gasteiger partial charge in [0.1, 0.15) is 6.54 Å². The van der Waals surface area contributed by atoms with E-state index in [0.717, 1.165) is 0 Å². The summed E-state index contributed by atoms with van der Waals surface area (Å²) >= 11 is 0. The predicted molar refractivity (Wildman–Crippen MR) is 104 cm³/mol. The van der Waals surface area contributed by atoms with Crippen LogP contribution in [0.1, 0.15) is 104 Å². The summed E-state index contributed by atoms with van der Waals surface area (Å²) in [5, 5.41) is 0. The molecule has 0 amide bonds. The molecule has 0 aliphatic heterocycles. The van der Waals surface area contributed by atoms with E-state index >= 15 is 0 Å². The number of pyridine rings is 1. The van der Waals surface area contributed by atoms with Gasteiger partial charge in [-0.15, -0.1) is 0 Å². The van der Waals surface area contributed by atoms with Crippen molar-refractivity contribution in [3.63, 3.8) is 0 Å². The van der Waals surface area contributed by atoms with Crippen LogP contribution in [0.4, 0.5) is 0 Å². The first-order valence-electron chi connectivity index (χ1n) is 9.87. The molecule has 0 aliphatic rings. The third-order valence-electron chi connectivity index (χ3n) is 4.55. The second-order valence-electron chi connectivity index (χ2n) is 6.71. The van der Waals surface area contributed by atoms with Crippen molar-refractivity contribution < 1.29 is 17.0 Å². The molecule has 0 saturated heterocycles. The van der Waals surface area contributed by atoms with Gasteiger partial charge in [-0.1, -0.05) is 97.5 Å². The van der Waals surface area contributed by atoms with Gasteiger partial charge in [0.15, 0.2) is 12.4 Å². The highest BCUT2D eigenvalue weighted by molar-refractivity contribution is 4.83. The van der Waals surface area contributed by atoms with Crippen molar-refractivity contribution in [1.29, 1.82) is 0 Å². The first kappa shape index (κ1) is 25.7. The lowest BCUT2D eigenvalue weighted by atomic mass is 10.0. The van der Waals surface area contributed by atoms with Gasteiger partial charge in [-0.3, -0.25) is 0 Å². The Hall–Kier alpha value is -0.560. The molecule has 2 heteroatoms. The van der Waals surface area contributed by atoms with Gasteiger partial charge in [0.05, 0.1) is 0 Å². The van der Waals surface area contributed by atoms with Crippen LogP contribution in [0.15, 0.2) is 30.6 Å². The molecular formula is C22H42ClN. The fourth-order valence-electron chi connectivity index (χ4n) is 3.07. The van der Waals surface area contributed by atoms with E-state index < -0.39 is 0 Å². The van der Waals surface area contributed by atoms with E-state index in [9.17, 15) is 0 Å². The molecule has 0 spiro atoms. The number of nitrogens with zero attached hydrogens (tertiary/aromatic N) is 1. The minimum Gasteiger partial charge on any atom is -1.00 e. The summed E-state index contributed by atoms with van der Waals surface area (Å²) in [7, 11) is 0. The second-order valence-corrected chi connectivity index (χ2v) is 6.71. The Morgan fingerprint density at radius 3 is 1.33 bits per heavy atom. The quantitative estimate of drug-likeness (QED) is 0.329. The van der Waals surface area contributed by atoms with E-state index in [2.05, 4.69) is 42.1 Å². The van der Waals surface area contributed by atoms with Crippen molar-refractivity contribution in [3.8, 4) is 0 Å². The van der Waals surface area contributed by atoms with Crippen molar-refractivity contribution in [2.45, 2.75) is 111 Å². The molecule has 0 unspecified atom stereocenters. The summed E-state index contributed by atoms with van der Waals surface area (Å²) in [5.41, 5.74) is 0. The van der Waals surface area contributed by atoms with Crippen LogP contribution in [0.25, 0.3) is 0 Å². The molecule has 0 N–H and O–H groups in total. The Kier molecular flexibility index (Phi) is 21.9. The molecule has 0 aromatic carbocycles. The van der Waals surface area contributed by atoms with E-state index in [4.69, 9.17) is 0 Å². The summed E-state index contributed by atoms with van der Waals surface area (Å²) in [5.74, 6) is 0. The molecule has 0 bridgehead atoms. The molecule has 1 heterocycles. The van der Waals surface area contributed by atoms with Crippen LogP contribution in [0.5, 0.6) is 0 Å². The molecule has 142 valence electrons. The predicted octanol–water partition coefficient (Wildman–Crippen LogP) is 4.10. The average Bonchev–Trinajstić information content (AvgIpc) is 2.56. The van der Waals surface area contributed by atoms with Crippen LogP contribution in [0.3, 0.4) is 0 Å². The fraction of sp³-hybridized carbons (Fsp3) is 0.773. The fourth-order valence-corrected chi connectivity index (χ4v) is 3.07. The smallest absolute Gasteiger partial charge is 0.168 e. The third kappa shape index (κ3) is 16.3. The SMILES string of the molecule is C.CCCCCCCCCCCCCCCC[n+]1ccccc1.[Cl-]. The minimum atomic E-state index is 0. The molecular weight excluding hydrogens is 314 g/mol. The van der Waals surface area contributed by atoms with Crippen LogP contribution in [-0.4, -0.2) is 0 Å². The Labute approximate surface area is 158 Å². The maximum absolute atomic E-state index is 2.29. The molecule has 1 aromatic heterocycles. The van der Waals surface area contributed by atoms with E-state index in [1.807, 2.05) is 0 Å². The Balaban J connectivity index is 0. The average molecular weight is 356 g/mol. The van der Waals surface area contributed by atoms with Gasteiger partial charge in [-0.2, -0.15) is 0 Å². The first-order chi connectivity index (χ1) is 10.9. The lowest BCUT2D eigenvalue weighted by Gasteiger charge is -2.02. The molecule has 0 fully saturated rings. The number of aryl methyl sites for hydroxylation is 1. The van der Waals surface area contributed by atoms with Gasteiger partial charge >= 0.3 is 0 Å². The highest BCUT2D eigenvalue weighted by atomic mass is 35.5. The van der Waals surface area contributed by atoms with E-state index in [-0.39, 0.29) is 19.8 Å². The first-order valence-corrected chi connectivity index (χ1v) is 9.87. The lowest BCUT2D eigenvalue weighted by Crippen LogP contribution is -3.00. The van der Waals surface area contributed by atoms with Crippen LogP contribution in [-0.2, 0) is 6.54 Å². The Bertz CT molecular complexity index is 326. The molecule has 1 nitrogen and oxygen atoms in total. The zero-order chi connectivity index (χ0) is 15.7. The number of hydrogen-bond donors (Lipinski definition) is 0. The molecule has 24 heavy (non-hydrogen) atoms. The number of unbranched alkanes of at least 4 members (excludes halogenated alkanes) is 13. The molecule has 1 aromatic rings. The van der Waals surface area contributed by atoms with Crippen molar-refractivity contribution >= 4 is 0 Å². The monoisotopic (exact) mass is 355 g/mol. The number of halogens is 1. The van der Waals surface area contributed by atoms with E-state index in [1.54, 1.807) is 0 Å². The van der Waals surface area contributed by atoms with Gasteiger partial charge in [0.25, 0.3) is 0 Å². The van der Waals surface area contributed by atoms with Crippen molar-refractivity contribution in [2.24, 2.45) is 0 Å². The number of rotatable bonds is 15. The highest BCUT2D eigenvalue weighted by Gasteiger charge is 1.98. The molecule has 0 saturated carbocycles. The minimum absolute atomic E-state index is 0. The maximum Gasteiger partial charge on any atom is 0.168 e. The Morgan fingerprint density at radius 2 is 0.917 bits per heavy atom. The van der Waals surface area contributed by atoms with Crippen molar-refractivity contribution in [1.82, 2.24) is 0 Å². The van der Waals surface area contributed by atoms with Crippen molar-refractivity contribution in [3.05, 3.63) is 30.6 Å². The van der Waals surface area contributed by atoms with Gasteiger partial charge in [-0.05, 0) is 6.42 Å². The zero-order valence-corrected chi connectivity index (χ0v) is 16.1. The summed E-state index contributed by atoms with van der Waals surface area (Å²) in [4.78, 5) is 0. The van der Waals surface area contributed by atoms with Gasteiger partial charge in [0, 0.05) is 18.6 Å². The largest absolute Gasteiger partial charge is 1.00 e. The van der Waals surface area contributed by atoms with Crippen LogP contribution >= 0.6 is 0 Å². The number of aromatic nitrogens is 1. The highest BCUT2D eigenvalue weighted by Crippen LogP contribution is 2.12. The zero-order valence-electron chi connectivity index (χ0n) is 15.3. The van der Waals surface area contributed by atoms with E-state index in [0.29, 0.717) is 0 Å². The van der Waals surface area contributed by atoms with E-state index in [1.165, 1.54) is 96.4 Å². The molecule has 0 atom stereocenters. The topological polar surface area (TPSA) is 3.88 Å². The standard InChI is InChI=1S/C21H38N.CH4.ClH/c1-2-3-4-5-6-7-8-9-10-11-12-13-14-16-19-22-20-17-15-18-21-22;;/h15,17-18,20-21H,2-14,16,19H2,1H3;1H4;1H/q+1;;/p-1. The molecule has 0 aliphatic carbocycles. The summed E-state index contributed by atoms with van der Waals surface area (Å²) in [6.07, 6.45) is 24.4. The maximum atomic E-state index is 2.29. The normalized spacial score (nSPS) is 10.0. The van der Waals surface area contributed by atoms with Crippen molar-refractivity contribution in [2.75, 3.05) is 0 Å². The summed E-state index contributed by atoms with van der Waals surface area (Å²) in [6, 6.07) is 6.31. The molecule has 1 rings (SSSR count). The number of hydrogen-bond acceptors (Lipinski definition) is 0. The lowest BCUT2D eigenvalue weighted by molar-refractivity contribution is -0.697. The summed E-state index contributed by atoms with van der Waals surface area (Å²) in [6.45, 7) is 3.47. The van der Waals surface area contributed by atoms with Crippen LogP contribution in [0.2, 0.25) is 0 Å².